The van der Waals surface area contributed by atoms with Crippen LogP contribution in [0.2, 0.25) is 0 Å². The zero-order chi connectivity index (χ0) is 17.2. The molecule has 0 bridgehead atoms. The quantitative estimate of drug-likeness (QED) is 0.864. The second-order valence-electron chi connectivity index (χ2n) is 7.65. The molecule has 2 aromatic rings. The van der Waals surface area contributed by atoms with E-state index >= 15 is 0 Å². The molecule has 4 nitrogen and oxygen atoms in total. The molecule has 1 N–H and O–H groups in total. The molecule has 0 spiro atoms. The average Bonchev–Trinajstić information content (AvgIpc) is 3.12. The number of H-pyrrole nitrogens is 1. The number of aromatic nitrogens is 1. The van der Waals surface area contributed by atoms with E-state index in [9.17, 15) is 4.79 Å². The first-order chi connectivity index (χ1) is 12.2. The number of carbonyl (C=O) groups is 1. The van der Waals surface area contributed by atoms with Gasteiger partial charge in [-0.1, -0.05) is 37.5 Å². The molecule has 1 saturated heterocycles. The maximum atomic E-state index is 13.0. The molecule has 134 valence electrons. The summed E-state index contributed by atoms with van der Waals surface area (Å²) in [6.45, 7) is 6.30. The number of nitrogens with one attached hydrogen (secondary N) is 1. The van der Waals surface area contributed by atoms with Crippen molar-refractivity contribution in [1.29, 1.82) is 0 Å². The van der Waals surface area contributed by atoms with E-state index in [1.807, 2.05) is 30.5 Å². The summed E-state index contributed by atoms with van der Waals surface area (Å²) < 4.78 is 0. The van der Waals surface area contributed by atoms with Crippen molar-refractivity contribution in [2.45, 2.75) is 51.1 Å². The van der Waals surface area contributed by atoms with Crippen molar-refractivity contribution >= 4 is 16.7 Å². The van der Waals surface area contributed by atoms with Crippen molar-refractivity contribution < 1.29 is 4.79 Å². The molecule has 1 aromatic heterocycles. The van der Waals surface area contributed by atoms with Gasteiger partial charge in [-0.25, -0.2) is 0 Å². The first-order valence-corrected chi connectivity index (χ1v) is 9.82. The van der Waals surface area contributed by atoms with Crippen molar-refractivity contribution in [3.63, 3.8) is 0 Å². The number of aromatic amines is 1. The van der Waals surface area contributed by atoms with Crippen LogP contribution >= 0.6 is 0 Å². The molecule has 1 aliphatic carbocycles. The Morgan fingerprint density at radius 1 is 1.08 bits per heavy atom. The molecule has 2 fully saturated rings. The van der Waals surface area contributed by atoms with Crippen LogP contribution in [0.4, 0.5) is 0 Å². The molecule has 2 aliphatic rings. The first kappa shape index (κ1) is 16.8. The minimum atomic E-state index is -0.0484. The Hall–Kier alpha value is -1.65. The fourth-order valence-corrected chi connectivity index (χ4v) is 4.60. The molecule has 4 heteroatoms. The standard InChI is InChI=1S/C21H29N3O/c1-16(21(25)19-15-22-20-10-6-5-9-18(19)20)23-11-13-24(14-12-23)17-7-3-2-4-8-17/h5-6,9-10,15-17,22H,2-4,7-8,11-14H2,1H3. The van der Waals surface area contributed by atoms with Crippen LogP contribution in [0.3, 0.4) is 0 Å². The summed E-state index contributed by atoms with van der Waals surface area (Å²) >= 11 is 0. The highest BCUT2D eigenvalue weighted by Gasteiger charge is 2.30. The molecule has 2 heterocycles. The number of ketones is 1. The van der Waals surface area contributed by atoms with Gasteiger partial charge in [-0.15, -0.1) is 0 Å². The van der Waals surface area contributed by atoms with Gasteiger partial charge in [-0.3, -0.25) is 14.6 Å². The van der Waals surface area contributed by atoms with E-state index in [2.05, 4.69) is 21.7 Å². The van der Waals surface area contributed by atoms with Crippen LogP contribution in [-0.4, -0.2) is 58.8 Å². The van der Waals surface area contributed by atoms with Crippen molar-refractivity contribution in [2.75, 3.05) is 26.2 Å². The number of piperazine rings is 1. The smallest absolute Gasteiger partial charge is 0.181 e. The third-order valence-corrected chi connectivity index (χ3v) is 6.22. The zero-order valence-electron chi connectivity index (χ0n) is 15.2. The Morgan fingerprint density at radius 2 is 1.80 bits per heavy atom. The van der Waals surface area contributed by atoms with Crippen LogP contribution in [0, 0.1) is 0 Å². The van der Waals surface area contributed by atoms with E-state index in [1.165, 1.54) is 32.1 Å². The van der Waals surface area contributed by atoms with E-state index in [0.717, 1.165) is 48.7 Å². The molecule has 4 rings (SSSR count). The topological polar surface area (TPSA) is 39.3 Å². The SMILES string of the molecule is CC(C(=O)c1c[nH]c2ccccc12)N1CCN(C2CCCCC2)CC1. The second kappa shape index (κ2) is 7.30. The summed E-state index contributed by atoms with van der Waals surface area (Å²) in [4.78, 5) is 21.3. The zero-order valence-corrected chi connectivity index (χ0v) is 15.2. The number of hydrogen-bond acceptors (Lipinski definition) is 3. The monoisotopic (exact) mass is 339 g/mol. The molecule has 25 heavy (non-hydrogen) atoms. The van der Waals surface area contributed by atoms with Crippen LogP contribution < -0.4 is 0 Å². The lowest BCUT2D eigenvalue weighted by Crippen LogP contribution is -2.54. The van der Waals surface area contributed by atoms with Crippen LogP contribution in [-0.2, 0) is 0 Å². The average molecular weight is 339 g/mol. The summed E-state index contributed by atoms with van der Waals surface area (Å²) in [5, 5.41) is 1.04. The number of para-hydroxylation sites is 1. The third kappa shape index (κ3) is 3.38. The van der Waals surface area contributed by atoms with Crippen molar-refractivity contribution in [2.24, 2.45) is 0 Å². The van der Waals surface area contributed by atoms with Crippen LogP contribution in [0.25, 0.3) is 10.9 Å². The summed E-state index contributed by atoms with van der Waals surface area (Å²) in [6.07, 6.45) is 8.79. The lowest BCUT2D eigenvalue weighted by atomic mass is 9.93. The van der Waals surface area contributed by atoms with E-state index < -0.39 is 0 Å². The normalized spacial score (nSPS) is 22.3. The summed E-state index contributed by atoms with van der Waals surface area (Å²) in [7, 11) is 0. The Kier molecular flexibility index (Phi) is 4.91. The van der Waals surface area contributed by atoms with Gasteiger partial charge < -0.3 is 4.98 Å². The van der Waals surface area contributed by atoms with Gasteiger partial charge in [0.05, 0.1) is 6.04 Å². The maximum Gasteiger partial charge on any atom is 0.181 e. The number of benzene rings is 1. The van der Waals surface area contributed by atoms with Crippen LogP contribution in [0.5, 0.6) is 0 Å². The van der Waals surface area contributed by atoms with E-state index in [-0.39, 0.29) is 11.8 Å². The minimum Gasteiger partial charge on any atom is -0.360 e. The number of nitrogens with zero attached hydrogens (tertiary/aromatic N) is 2. The number of carbonyl (C=O) groups excluding carboxylic acids is 1. The fourth-order valence-electron chi connectivity index (χ4n) is 4.60. The van der Waals surface area contributed by atoms with Gasteiger partial charge in [0.15, 0.2) is 5.78 Å². The van der Waals surface area contributed by atoms with Gasteiger partial charge in [0, 0.05) is 54.9 Å². The predicted octanol–water partition coefficient (Wildman–Crippen LogP) is 3.69. The molecule has 1 aromatic carbocycles. The maximum absolute atomic E-state index is 13.0. The summed E-state index contributed by atoms with van der Waals surface area (Å²) in [5.74, 6) is 0.239. The Balaban J connectivity index is 1.40. The van der Waals surface area contributed by atoms with Crippen LogP contribution in [0.1, 0.15) is 49.4 Å². The van der Waals surface area contributed by atoms with Gasteiger partial charge >= 0.3 is 0 Å². The second-order valence-corrected chi connectivity index (χ2v) is 7.65. The third-order valence-electron chi connectivity index (χ3n) is 6.22. The Morgan fingerprint density at radius 3 is 2.56 bits per heavy atom. The number of hydrogen-bond donors (Lipinski definition) is 1. The molecule has 1 unspecified atom stereocenters. The molecular weight excluding hydrogens is 310 g/mol. The molecule has 0 amide bonds. The van der Waals surface area contributed by atoms with E-state index in [1.54, 1.807) is 0 Å². The van der Waals surface area contributed by atoms with Gasteiger partial charge in [0.25, 0.3) is 0 Å². The molecule has 1 aliphatic heterocycles. The van der Waals surface area contributed by atoms with Gasteiger partial charge in [0.1, 0.15) is 0 Å². The van der Waals surface area contributed by atoms with Crippen LogP contribution in [0.15, 0.2) is 30.5 Å². The molecular formula is C21H29N3O. The number of rotatable bonds is 4. The minimum absolute atomic E-state index is 0.0484. The lowest BCUT2D eigenvalue weighted by Gasteiger charge is -2.42. The van der Waals surface area contributed by atoms with E-state index in [4.69, 9.17) is 0 Å². The predicted molar refractivity (Wildman–Crippen MR) is 102 cm³/mol. The summed E-state index contributed by atoms with van der Waals surface area (Å²) in [6, 6.07) is 8.80. The molecule has 1 saturated carbocycles. The van der Waals surface area contributed by atoms with Gasteiger partial charge in [0.2, 0.25) is 0 Å². The largest absolute Gasteiger partial charge is 0.360 e. The Bertz CT molecular complexity index is 724. The van der Waals surface area contributed by atoms with Gasteiger partial charge in [-0.2, -0.15) is 0 Å². The molecule has 1 atom stereocenters. The Labute approximate surface area is 150 Å². The van der Waals surface area contributed by atoms with Crippen molar-refractivity contribution in [1.82, 2.24) is 14.8 Å². The van der Waals surface area contributed by atoms with Gasteiger partial charge in [-0.05, 0) is 25.8 Å². The number of fused-ring (bicyclic) bond motifs is 1. The highest BCUT2D eigenvalue weighted by atomic mass is 16.1. The first-order valence-electron chi connectivity index (χ1n) is 9.82. The highest BCUT2D eigenvalue weighted by Crippen LogP contribution is 2.25. The fraction of sp³-hybridized carbons (Fsp3) is 0.571. The van der Waals surface area contributed by atoms with Crippen molar-refractivity contribution in [3.05, 3.63) is 36.0 Å². The number of Topliss-reactive ketones (excluding diaryl/α,β-unsaturated/α-hetero) is 1. The van der Waals surface area contributed by atoms with Crippen molar-refractivity contribution in [3.8, 4) is 0 Å². The lowest BCUT2D eigenvalue weighted by molar-refractivity contribution is 0.0525. The summed E-state index contributed by atoms with van der Waals surface area (Å²) in [5.41, 5.74) is 1.87. The highest BCUT2D eigenvalue weighted by molar-refractivity contribution is 6.10. The molecule has 0 radical (unpaired) electrons. The van der Waals surface area contributed by atoms with E-state index in [0.29, 0.717) is 0 Å².